The Bertz CT molecular complexity index is 927. The molecule has 17 nitrogen and oxygen atoms in total. The molecule has 0 aromatic carbocycles. The molecule has 0 aromatic heterocycles. The largest absolute Gasteiger partial charge is 0.481 e. The Morgan fingerprint density at radius 2 is 1.31 bits per heavy atom. The quantitative estimate of drug-likeness (QED) is 0.0304. The van der Waals surface area contributed by atoms with Gasteiger partial charge in [0, 0.05) is 51.0 Å². The second-order valence-corrected chi connectivity index (χ2v) is 11.3. The number of hydrogen-bond acceptors (Lipinski definition) is 13. The number of aliphatic hydroxyl groups excluding tert-OH is 1. The standard InChI is InChI=1S/C23H40N6O11S2/c1-13(31)40-8-9-41-42-12-17(23(38)39)29-22(37)16(11-25)28-20(35)14(5-6-19(33)34)27-21(36)15(10-24)26-18(32)4-2-3-7-30/h14-17,30H,2-12,24-25H2,1H3,(H,26,32)(H,27,36)(H,28,35)(H,29,37)(H,33,34)(H,38,39)/t14-,15-,16-,17+/m0/s1. The lowest BCUT2D eigenvalue weighted by molar-refractivity contribution is -0.141. The molecular weight excluding hydrogens is 600 g/mol. The van der Waals surface area contributed by atoms with Gasteiger partial charge in [-0.05, 0) is 19.3 Å². The van der Waals surface area contributed by atoms with Gasteiger partial charge in [0.2, 0.25) is 23.6 Å². The second kappa shape index (κ2) is 22.5. The first-order chi connectivity index (χ1) is 19.9. The summed E-state index contributed by atoms with van der Waals surface area (Å²) in [5, 5.41) is 36.6. The lowest BCUT2D eigenvalue weighted by atomic mass is 10.1. The number of carboxylic acid groups (broad SMARTS) is 2. The van der Waals surface area contributed by atoms with Crippen LogP contribution < -0.4 is 32.7 Å². The topological polar surface area (TPSA) is 290 Å². The van der Waals surface area contributed by atoms with Crippen LogP contribution in [-0.4, -0.2) is 119 Å². The third-order valence-corrected chi connectivity index (χ3v) is 7.63. The van der Waals surface area contributed by atoms with E-state index in [-0.39, 0.29) is 38.4 Å². The molecule has 4 amide bonds. The van der Waals surface area contributed by atoms with Gasteiger partial charge in [-0.15, -0.1) is 0 Å². The number of amides is 4. The molecular formula is C23H40N6O11S2. The van der Waals surface area contributed by atoms with E-state index < -0.39 is 78.7 Å². The molecule has 240 valence electrons. The molecule has 19 heteroatoms. The van der Waals surface area contributed by atoms with Crippen molar-refractivity contribution in [1.82, 2.24) is 21.3 Å². The summed E-state index contributed by atoms with van der Waals surface area (Å²) in [7, 11) is 2.33. The molecule has 0 aliphatic heterocycles. The predicted molar refractivity (Wildman–Crippen MR) is 153 cm³/mol. The smallest absolute Gasteiger partial charge is 0.327 e. The molecule has 0 aliphatic carbocycles. The van der Waals surface area contributed by atoms with Crippen molar-refractivity contribution in [2.75, 3.05) is 37.8 Å². The van der Waals surface area contributed by atoms with E-state index in [1.54, 1.807) is 0 Å². The summed E-state index contributed by atoms with van der Waals surface area (Å²) >= 11 is 0. The highest BCUT2D eigenvalue weighted by Crippen LogP contribution is 2.21. The molecule has 0 rings (SSSR count). The minimum atomic E-state index is -1.46. The average Bonchev–Trinajstić information content (AvgIpc) is 2.92. The Labute approximate surface area is 250 Å². The normalized spacial score (nSPS) is 13.5. The van der Waals surface area contributed by atoms with E-state index in [1.165, 1.54) is 17.7 Å². The van der Waals surface area contributed by atoms with Gasteiger partial charge in [-0.25, -0.2) is 4.79 Å². The zero-order valence-corrected chi connectivity index (χ0v) is 24.8. The Morgan fingerprint density at radius 1 is 0.762 bits per heavy atom. The minimum Gasteiger partial charge on any atom is -0.481 e. The number of unbranched alkanes of at least 4 members (excludes halogenated alkanes) is 1. The predicted octanol–water partition coefficient (Wildman–Crippen LogP) is -3.10. The lowest BCUT2D eigenvalue weighted by Crippen LogP contribution is -2.60. The molecule has 11 N–H and O–H groups in total. The molecule has 0 saturated carbocycles. The number of nitrogens with one attached hydrogen (secondary N) is 4. The van der Waals surface area contributed by atoms with Gasteiger partial charge < -0.3 is 52.8 Å². The van der Waals surface area contributed by atoms with Crippen molar-refractivity contribution in [2.45, 2.75) is 63.2 Å². The Hall–Kier alpha value is -3.13. The molecule has 0 radical (unpaired) electrons. The van der Waals surface area contributed by atoms with Crippen LogP contribution in [0.2, 0.25) is 0 Å². The lowest BCUT2D eigenvalue weighted by Gasteiger charge is -2.25. The summed E-state index contributed by atoms with van der Waals surface area (Å²) in [5.41, 5.74) is 11.2. The summed E-state index contributed by atoms with van der Waals surface area (Å²) in [4.78, 5) is 84.0. The number of rotatable bonds is 23. The molecule has 0 bridgehead atoms. The van der Waals surface area contributed by atoms with Gasteiger partial charge in [-0.3, -0.25) is 28.8 Å². The van der Waals surface area contributed by atoms with Crippen molar-refractivity contribution in [1.29, 1.82) is 0 Å². The van der Waals surface area contributed by atoms with Crippen molar-refractivity contribution in [3.8, 4) is 0 Å². The number of carbonyl (C=O) groups excluding carboxylic acids is 5. The molecule has 0 aliphatic rings. The first-order valence-corrected chi connectivity index (χ1v) is 15.4. The van der Waals surface area contributed by atoms with Gasteiger partial charge in [0.25, 0.3) is 0 Å². The Morgan fingerprint density at radius 3 is 1.83 bits per heavy atom. The van der Waals surface area contributed by atoms with Crippen molar-refractivity contribution in [2.24, 2.45) is 11.5 Å². The first-order valence-electron chi connectivity index (χ1n) is 12.9. The van der Waals surface area contributed by atoms with Crippen LogP contribution in [0.4, 0.5) is 0 Å². The fourth-order valence-electron chi connectivity index (χ4n) is 3.05. The van der Waals surface area contributed by atoms with E-state index in [2.05, 4.69) is 21.3 Å². The maximum atomic E-state index is 13.0. The molecule has 0 saturated heterocycles. The van der Waals surface area contributed by atoms with Gasteiger partial charge in [0.05, 0.1) is 0 Å². The molecule has 0 spiro atoms. The van der Waals surface area contributed by atoms with Gasteiger partial charge in [-0.1, -0.05) is 21.6 Å². The number of aliphatic hydroxyl groups is 1. The highest BCUT2D eigenvalue weighted by molar-refractivity contribution is 8.76. The third kappa shape index (κ3) is 17.6. The fraction of sp³-hybridized carbons (Fsp3) is 0.696. The van der Waals surface area contributed by atoms with Crippen LogP contribution in [0.3, 0.4) is 0 Å². The SMILES string of the molecule is CC(=O)OCCSSC[C@@H](NC(=O)[C@H](CN)NC(=O)[C@H](CCC(=O)O)NC(=O)[C@H](CN)NC(=O)CCCCO)C(=O)O. The number of carboxylic acids is 2. The van der Waals surface area contributed by atoms with Gasteiger partial charge >= 0.3 is 17.9 Å². The van der Waals surface area contributed by atoms with Crippen molar-refractivity contribution >= 4 is 63.1 Å². The van der Waals surface area contributed by atoms with E-state index in [4.69, 9.17) is 26.4 Å². The number of ether oxygens (including phenoxy) is 1. The van der Waals surface area contributed by atoms with Gasteiger partial charge in [-0.2, -0.15) is 0 Å². The number of aliphatic carboxylic acids is 2. The van der Waals surface area contributed by atoms with E-state index in [9.17, 15) is 38.7 Å². The Balaban J connectivity index is 5.27. The van der Waals surface area contributed by atoms with Crippen molar-refractivity contribution < 1.29 is 53.6 Å². The van der Waals surface area contributed by atoms with Crippen LogP contribution in [0.15, 0.2) is 0 Å². The molecule has 0 heterocycles. The maximum Gasteiger partial charge on any atom is 0.327 e. The highest BCUT2D eigenvalue weighted by atomic mass is 33.1. The fourth-order valence-corrected chi connectivity index (χ4v) is 5.03. The van der Waals surface area contributed by atoms with Crippen LogP contribution in [0.5, 0.6) is 0 Å². The zero-order valence-electron chi connectivity index (χ0n) is 23.2. The molecule has 0 fully saturated rings. The first kappa shape index (κ1) is 38.9. The van der Waals surface area contributed by atoms with Crippen LogP contribution in [0.1, 0.15) is 39.0 Å². The average molecular weight is 641 g/mol. The summed E-state index contributed by atoms with van der Waals surface area (Å²) < 4.78 is 4.77. The van der Waals surface area contributed by atoms with Crippen LogP contribution >= 0.6 is 21.6 Å². The van der Waals surface area contributed by atoms with E-state index in [0.717, 1.165) is 10.8 Å². The molecule has 0 aromatic rings. The molecule has 0 unspecified atom stereocenters. The number of nitrogens with two attached hydrogens (primary N) is 2. The minimum absolute atomic E-state index is 0.0172. The molecule has 42 heavy (non-hydrogen) atoms. The van der Waals surface area contributed by atoms with Crippen LogP contribution in [-0.2, 0) is 38.3 Å². The number of esters is 1. The maximum absolute atomic E-state index is 13.0. The Kier molecular flexibility index (Phi) is 20.8. The van der Waals surface area contributed by atoms with E-state index >= 15 is 0 Å². The summed E-state index contributed by atoms with van der Waals surface area (Å²) in [6.07, 6.45) is -0.158. The van der Waals surface area contributed by atoms with E-state index in [0.29, 0.717) is 18.6 Å². The number of carbonyl (C=O) groups is 7. The third-order valence-electron chi connectivity index (χ3n) is 5.25. The molecule has 4 atom stereocenters. The van der Waals surface area contributed by atoms with E-state index in [1.807, 2.05) is 0 Å². The zero-order chi connectivity index (χ0) is 32.1. The summed E-state index contributed by atoms with van der Waals surface area (Å²) in [5.74, 6) is -6.05. The second-order valence-electron chi connectivity index (χ2n) is 8.67. The van der Waals surface area contributed by atoms with Gasteiger partial charge in [0.1, 0.15) is 30.8 Å². The summed E-state index contributed by atoms with van der Waals surface area (Å²) in [6, 6.07) is -5.50. The van der Waals surface area contributed by atoms with Crippen LogP contribution in [0, 0.1) is 0 Å². The monoisotopic (exact) mass is 640 g/mol. The summed E-state index contributed by atoms with van der Waals surface area (Å²) in [6.45, 7) is 0.479. The van der Waals surface area contributed by atoms with Crippen LogP contribution in [0.25, 0.3) is 0 Å². The number of hydrogen-bond donors (Lipinski definition) is 9. The van der Waals surface area contributed by atoms with Crippen molar-refractivity contribution in [3.63, 3.8) is 0 Å². The highest BCUT2D eigenvalue weighted by Gasteiger charge is 2.31. The van der Waals surface area contributed by atoms with Gasteiger partial charge in [0.15, 0.2) is 0 Å². The van der Waals surface area contributed by atoms with Crippen molar-refractivity contribution in [3.05, 3.63) is 0 Å².